The Hall–Kier alpha value is -3.37. The average molecular weight is 898 g/mol. The van der Waals surface area contributed by atoms with Crippen molar-refractivity contribution in [3.8, 4) is 0 Å². The molecule has 16 atom stereocenters. The third-order valence-electron chi connectivity index (χ3n) is 14.9. The molecule has 1 saturated carbocycles. The number of rotatable bonds is 5. The minimum Gasteiger partial charge on any atom is -0.460 e. The topological polar surface area (TPSA) is 195 Å². The molecule has 0 spiro atoms. The summed E-state index contributed by atoms with van der Waals surface area (Å²) < 4.78 is 29.4. The van der Waals surface area contributed by atoms with Crippen LogP contribution in [-0.2, 0) is 47.7 Å². The standard InChI is InChI=1S/C50H75NO13/c1-28-14-11-10-12-15-29(2)40(60-7)26-35-19-17-33(6)50(59,64-35)47(56)48(57)51-21-13-16-36-37(24-34-18-20-38(52)42(25-34)61-8)41(63-49(58)43(36)51)27-39(53)30(3)23-32(5)45(55)46(62-9)44(54)31(4)22-28/h10-12,14-15,23,28,31-38,40-43,45-46,52,55,59H,13,16-22,24-27H2,1-9H3/t28-,31-,32?,33-,34+,35+,36?,37+,38-,40+,41+,42-,43+,45-,46-,50-/m1/s1. The number of Topliss-reactive ketones (excluding diaryl/α,β-unsaturated/α-hetero) is 3. The van der Waals surface area contributed by atoms with E-state index in [4.69, 9.17) is 23.7 Å². The number of amides is 1. The van der Waals surface area contributed by atoms with Crippen LogP contribution in [-0.4, -0.2) is 132 Å². The van der Waals surface area contributed by atoms with Crippen LogP contribution in [0.2, 0.25) is 0 Å². The molecule has 0 aromatic carbocycles. The van der Waals surface area contributed by atoms with E-state index in [9.17, 15) is 39.3 Å². The zero-order valence-electron chi connectivity index (χ0n) is 39.5. The molecule has 358 valence electrons. The molecule has 6 bridgehead atoms. The number of aliphatic hydroxyl groups excluding tert-OH is 2. The maximum absolute atomic E-state index is 14.4. The fraction of sp³-hybridized carbons (Fsp3) is 0.740. The van der Waals surface area contributed by atoms with Crippen LogP contribution in [0.4, 0.5) is 0 Å². The highest BCUT2D eigenvalue weighted by molar-refractivity contribution is 6.39. The molecule has 5 aliphatic rings. The largest absolute Gasteiger partial charge is 0.460 e. The summed E-state index contributed by atoms with van der Waals surface area (Å²) in [6.07, 6.45) is 10.9. The Kier molecular flexibility index (Phi) is 18.5. The first-order chi connectivity index (χ1) is 30.3. The summed E-state index contributed by atoms with van der Waals surface area (Å²) in [4.78, 5) is 72.0. The van der Waals surface area contributed by atoms with E-state index < -0.39 is 95.7 Å². The van der Waals surface area contributed by atoms with Crippen LogP contribution in [0.5, 0.6) is 0 Å². The third-order valence-corrected chi connectivity index (χ3v) is 14.9. The minimum atomic E-state index is -2.43. The summed E-state index contributed by atoms with van der Waals surface area (Å²) in [5.74, 6) is -8.42. The number of hydrogen-bond donors (Lipinski definition) is 3. The van der Waals surface area contributed by atoms with Crippen molar-refractivity contribution in [2.24, 2.45) is 41.4 Å². The molecule has 4 aliphatic heterocycles. The van der Waals surface area contributed by atoms with E-state index in [-0.39, 0.29) is 42.5 Å². The van der Waals surface area contributed by atoms with Crippen molar-refractivity contribution in [1.82, 2.24) is 4.90 Å². The monoisotopic (exact) mass is 898 g/mol. The Morgan fingerprint density at radius 2 is 1.59 bits per heavy atom. The fourth-order valence-electron chi connectivity index (χ4n) is 10.9. The number of allylic oxidation sites excluding steroid dienone is 6. The van der Waals surface area contributed by atoms with Gasteiger partial charge in [-0.05, 0) is 101 Å². The zero-order chi connectivity index (χ0) is 47.0. The molecular formula is C50H75NO13. The van der Waals surface area contributed by atoms with Crippen LogP contribution in [0.1, 0.15) is 112 Å². The first-order valence-corrected chi connectivity index (χ1v) is 23.5. The van der Waals surface area contributed by atoms with Crippen molar-refractivity contribution in [2.45, 2.75) is 167 Å². The smallest absolute Gasteiger partial charge is 0.329 e. The van der Waals surface area contributed by atoms with Crippen molar-refractivity contribution < 1.29 is 63.0 Å². The second kappa shape index (κ2) is 22.9. The van der Waals surface area contributed by atoms with Gasteiger partial charge in [-0.25, -0.2) is 4.79 Å². The SMILES string of the molecule is CO[C@H]1C[C@@H]2CC[C@@H](C)[C@@](O)(O2)C(=O)C(=O)N2CCCC3[C@H]2C(=O)O[C@@H](CC(=O)C(C)=CC(C)[C@@H](O)[C@H](OC)C(=O)[C@H](C)C[C@H](C)C=CC=CC=C1C)[C@H]3C[C@@H]1CC[C@@H](O)[C@H](OC)C1. The lowest BCUT2D eigenvalue weighted by Crippen LogP contribution is -2.65. The minimum absolute atomic E-state index is 0.0258. The van der Waals surface area contributed by atoms with Gasteiger partial charge in [0, 0.05) is 64.4 Å². The van der Waals surface area contributed by atoms with E-state index in [1.807, 2.05) is 51.2 Å². The number of esters is 1. The number of ketones is 3. The number of ether oxygens (including phenoxy) is 5. The summed E-state index contributed by atoms with van der Waals surface area (Å²) in [6.45, 7) is 10.9. The molecule has 4 heterocycles. The molecular weight excluding hydrogens is 823 g/mol. The molecule has 64 heavy (non-hydrogen) atoms. The van der Waals surface area contributed by atoms with Gasteiger partial charge < -0.3 is 43.9 Å². The van der Waals surface area contributed by atoms with Crippen LogP contribution < -0.4 is 0 Å². The summed E-state index contributed by atoms with van der Waals surface area (Å²) >= 11 is 0. The van der Waals surface area contributed by atoms with Crippen LogP contribution in [0.25, 0.3) is 0 Å². The number of carbonyl (C=O) groups is 5. The molecule has 14 heteroatoms. The lowest BCUT2D eigenvalue weighted by atomic mass is 9.68. The van der Waals surface area contributed by atoms with Crippen LogP contribution in [0.3, 0.4) is 0 Å². The van der Waals surface area contributed by atoms with Gasteiger partial charge in [0.1, 0.15) is 18.2 Å². The molecule has 4 fully saturated rings. The van der Waals surface area contributed by atoms with E-state index in [0.29, 0.717) is 69.8 Å². The maximum atomic E-state index is 14.4. The van der Waals surface area contributed by atoms with Crippen molar-refractivity contribution in [2.75, 3.05) is 27.9 Å². The molecule has 2 unspecified atom stereocenters. The van der Waals surface area contributed by atoms with E-state index in [0.717, 1.165) is 5.57 Å². The van der Waals surface area contributed by atoms with Gasteiger partial charge in [-0.3, -0.25) is 19.2 Å². The van der Waals surface area contributed by atoms with Gasteiger partial charge in [0.25, 0.3) is 11.7 Å². The van der Waals surface area contributed by atoms with Gasteiger partial charge in [0.15, 0.2) is 11.6 Å². The Morgan fingerprint density at radius 3 is 2.28 bits per heavy atom. The second-order valence-electron chi connectivity index (χ2n) is 19.5. The quantitative estimate of drug-likeness (QED) is 0.235. The Morgan fingerprint density at radius 1 is 0.859 bits per heavy atom. The Balaban J connectivity index is 1.51. The number of fused-ring (bicyclic) bond motifs is 3. The van der Waals surface area contributed by atoms with E-state index >= 15 is 0 Å². The van der Waals surface area contributed by atoms with Crippen LogP contribution >= 0.6 is 0 Å². The van der Waals surface area contributed by atoms with Gasteiger partial charge >= 0.3 is 5.97 Å². The third kappa shape index (κ3) is 12.0. The number of piperidine rings is 1. The number of hydrogen-bond acceptors (Lipinski definition) is 13. The molecule has 1 aliphatic carbocycles. The molecule has 0 radical (unpaired) electrons. The van der Waals surface area contributed by atoms with Crippen LogP contribution in [0.15, 0.2) is 47.6 Å². The lowest BCUT2D eigenvalue weighted by Gasteiger charge is -2.50. The lowest BCUT2D eigenvalue weighted by molar-refractivity contribution is -0.266. The Bertz CT molecular complexity index is 1790. The molecule has 0 aromatic heterocycles. The molecule has 5 rings (SSSR count). The predicted molar refractivity (Wildman–Crippen MR) is 238 cm³/mol. The van der Waals surface area contributed by atoms with Crippen molar-refractivity contribution in [3.63, 3.8) is 0 Å². The molecule has 1 amide bonds. The van der Waals surface area contributed by atoms with Crippen LogP contribution in [0, 0.1) is 41.4 Å². The van der Waals surface area contributed by atoms with Gasteiger partial charge in [-0.1, -0.05) is 64.2 Å². The van der Waals surface area contributed by atoms with E-state index in [1.54, 1.807) is 41.1 Å². The maximum Gasteiger partial charge on any atom is 0.329 e. The molecule has 3 N–H and O–H groups in total. The number of aliphatic hydroxyl groups is 3. The fourth-order valence-corrected chi connectivity index (χ4v) is 10.9. The summed E-state index contributed by atoms with van der Waals surface area (Å²) in [7, 11) is 4.53. The number of nitrogens with zero attached hydrogens (tertiary/aromatic N) is 1. The van der Waals surface area contributed by atoms with Gasteiger partial charge in [0.05, 0.1) is 30.5 Å². The predicted octanol–water partition coefficient (Wildman–Crippen LogP) is 5.40. The average Bonchev–Trinajstić information content (AvgIpc) is 3.27. The van der Waals surface area contributed by atoms with Gasteiger partial charge in [-0.2, -0.15) is 0 Å². The first kappa shape index (κ1) is 51.6. The molecule has 14 nitrogen and oxygen atoms in total. The number of methoxy groups -OCH3 is 3. The van der Waals surface area contributed by atoms with Crippen molar-refractivity contribution in [1.29, 1.82) is 0 Å². The summed E-state index contributed by atoms with van der Waals surface area (Å²) in [5.41, 5.74) is 1.21. The zero-order valence-corrected chi connectivity index (χ0v) is 39.5. The molecule has 3 saturated heterocycles. The summed E-state index contributed by atoms with van der Waals surface area (Å²) in [6, 6.07) is -1.13. The van der Waals surface area contributed by atoms with E-state index in [2.05, 4.69) is 0 Å². The van der Waals surface area contributed by atoms with Crippen molar-refractivity contribution >= 4 is 29.2 Å². The second-order valence-corrected chi connectivity index (χ2v) is 19.5. The summed E-state index contributed by atoms with van der Waals surface area (Å²) in [5, 5.41) is 34.1. The molecule has 0 aromatic rings. The Labute approximate surface area is 379 Å². The first-order valence-electron chi connectivity index (χ1n) is 23.5. The highest BCUT2D eigenvalue weighted by Crippen LogP contribution is 2.45. The number of carbonyl (C=O) groups excluding carboxylic acids is 5. The normalized spacial score (nSPS) is 40.5. The van der Waals surface area contributed by atoms with Crippen molar-refractivity contribution in [3.05, 3.63) is 47.6 Å². The van der Waals surface area contributed by atoms with Gasteiger partial charge in [-0.15, -0.1) is 0 Å². The highest BCUT2D eigenvalue weighted by atomic mass is 16.6. The van der Waals surface area contributed by atoms with E-state index in [1.165, 1.54) is 12.0 Å². The highest BCUT2D eigenvalue weighted by Gasteiger charge is 2.57. The van der Waals surface area contributed by atoms with Gasteiger partial charge in [0.2, 0.25) is 5.79 Å².